The maximum Gasteiger partial charge on any atom is 0.191 e. The molecule has 0 spiro atoms. The van der Waals surface area contributed by atoms with Gasteiger partial charge < -0.3 is 9.47 Å². The van der Waals surface area contributed by atoms with Crippen LogP contribution in [0, 0.1) is 5.82 Å². The fourth-order valence-corrected chi connectivity index (χ4v) is 4.30. The van der Waals surface area contributed by atoms with Gasteiger partial charge in [0.2, 0.25) is 0 Å². The Morgan fingerprint density at radius 1 is 1.13 bits per heavy atom. The zero-order valence-corrected chi connectivity index (χ0v) is 18.4. The second kappa shape index (κ2) is 8.93. The minimum absolute atomic E-state index is 0.153. The molecule has 0 aliphatic heterocycles. The maximum atomic E-state index is 14.1. The molecule has 0 radical (unpaired) electrons. The van der Waals surface area contributed by atoms with Crippen LogP contribution in [0.4, 0.5) is 4.39 Å². The van der Waals surface area contributed by atoms with Gasteiger partial charge in [-0.15, -0.1) is 11.3 Å². The number of ether oxygens (including phenoxy) is 2. The molecule has 0 fully saturated rings. The van der Waals surface area contributed by atoms with Gasteiger partial charge >= 0.3 is 0 Å². The van der Waals surface area contributed by atoms with Gasteiger partial charge in [0, 0.05) is 28.5 Å². The molecule has 0 unspecified atom stereocenters. The highest BCUT2D eigenvalue weighted by Crippen LogP contribution is 2.36. The summed E-state index contributed by atoms with van der Waals surface area (Å²) in [4.78, 5) is 16.8. The quantitative estimate of drug-likeness (QED) is 0.228. The van der Waals surface area contributed by atoms with Crippen LogP contribution in [0.3, 0.4) is 0 Å². The third-order valence-corrected chi connectivity index (χ3v) is 6.11. The highest BCUT2D eigenvalue weighted by molar-refractivity contribution is 9.09. The van der Waals surface area contributed by atoms with Crippen molar-refractivity contribution in [2.75, 3.05) is 12.4 Å². The molecular weight excluding hydrogens is 469 g/mol. The molecule has 0 atom stereocenters. The van der Waals surface area contributed by atoms with Gasteiger partial charge in [0.1, 0.15) is 29.6 Å². The van der Waals surface area contributed by atoms with Gasteiger partial charge in [-0.25, -0.2) is 9.37 Å². The zero-order chi connectivity index (χ0) is 21.1. The van der Waals surface area contributed by atoms with Crippen molar-refractivity contribution in [2.24, 2.45) is 0 Å². The van der Waals surface area contributed by atoms with Crippen molar-refractivity contribution in [3.8, 4) is 22.8 Å². The molecule has 4 aromatic rings. The Labute approximate surface area is 185 Å². The summed E-state index contributed by atoms with van der Waals surface area (Å²) in [6.07, 6.45) is 0. The summed E-state index contributed by atoms with van der Waals surface area (Å²) in [5.41, 5.74) is 2.60. The third-order valence-electron chi connectivity index (χ3n) is 4.60. The Bertz CT molecular complexity index is 1210. The number of rotatable bonds is 7. The van der Waals surface area contributed by atoms with Crippen LogP contribution in [0.25, 0.3) is 21.3 Å². The molecule has 2 aromatic heterocycles. The lowest BCUT2D eigenvalue weighted by Crippen LogP contribution is -2.05. The van der Waals surface area contributed by atoms with Crippen LogP contribution >= 0.6 is 27.3 Å². The average molecular weight is 486 g/mol. The minimum Gasteiger partial charge on any atom is -0.497 e. The molecule has 0 amide bonds. The van der Waals surface area contributed by atoms with Crippen LogP contribution in [-0.4, -0.2) is 23.2 Å². The number of hydrogen-bond donors (Lipinski definition) is 0. The number of carbonyl (C=O) groups excluding carboxylic acids is 1. The predicted octanol–water partition coefficient (Wildman–Crippen LogP) is 6.27. The molecule has 0 aliphatic rings. The first-order valence-electron chi connectivity index (χ1n) is 9.12. The van der Waals surface area contributed by atoms with Gasteiger partial charge in [-0.1, -0.05) is 40.2 Å². The van der Waals surface area contributed by atoms with Crippen LogP contribution in [0.5, 0.6) is 11.5 Å². The van der Waals surface area contributed by atoms with Crippen molar-refractivity contribution in [3.05, 3.63) is 77.1 Å². The van der Waals surface area contributed by atoms with E-state index < -0.39 is 0 Å². The van der Waals surface area contributed by atoms with Gasteiger partial charge in [-0.3, -0.25) is 4.79 Å². The lowest BCUT2D eigenvalue weighted by molar-refractivity contribution is 0.101. The van der Waals surface area contributed by atoms with E-state index in [-0.39, 0.29) is 16.9 Å². The smallest absolute Gasteiger partial charge is 0.191 e. The first kappa shape index (κ1) is 20.5. The van der Waals surface area contributed by atoms with E-state index in [0.717, 1.165) is 22.3 Å². The summed E-state index contributed by atoms with van der Waals surface area (Å²) in [5, 5.41) is 2.77. The molecule has 7 heteroatoms. The van der Waals surface area contributed by atoms with Crippen LogP contribution in [0.2, 0.25) is 0 Å². The third kappa shape index (κ3) is 4.22. The summed E-state index contributed by atoms with van der Waals surface area (Å²) in [6.45, 7) is 0.328. The number of nitrogens with zero attached hydrogens (tertiary/aromatic N) is 1. The van der Waals surface area contributed by atoms with Crippen molar-refractivity contribution in [1.29, 1.82) is 0 Å². The first-order chi connectivity index (χ1) is 14.6. The van der Waals surface area contributed by atoms with Gasteiger partial charge in [0.15, 0.2) is 5.78 Å². The molecule has 2 aromatic carbocycles. The highest BCUT2D eigenvalue weighted by atomic mass is 79.9. The van der Waals surface area contributed by atoms with E-state index in [1.807, 2.05) is 35.7 Å². The molecule has 0 bridgehead atoms. The summed E-state index contributed by atoms with van der Waals surface area (Å²) < 4.78 is 25.8. The Morgan fingerprint density at radius 2 is 1.93 bits per heavy atom. The molecule has 0 saturated heterocycles. The second-order valence-corrected chi connectivity index (χ2v) is 7.97. The maximum absolute atomic E-state index is 14.1. The molecule has 4 nitrogen and oxygen atoms in total. The zero-order valence-electron chi connectivity index (χ0n) is 16.0. The summed E-state index contributed by atoms with van der Waals surface area (Å²) in [5.74, 6) is 0.867. The highest BCUT2D eigenvalue weighted by Gasteiger charge is 2.15. The lowest BCUT2D eigenvalue weighted by Gasteiger charge is -2.10. The van der Waals surface area contributed by atoms with Crippen molar-refractivity contribution in [3.63, 3.8) is 0 Å². The topological polar surface area (TPSA) is 48.4 Å². The average Bonchev–Trinajstić information content (AvgIpc) is 3.23. The summed E-state index contributed by atoms with van der Waals surface area (Å²) in [7, 11) is 1.62. The molecule has 2 heterocycles. The number of carbonyl (C=O) groups is 1. The van der Waals surface area contributed by atoms with Crippen molar-refractivity contribution in [2.45, 2.75) is 6.61 Å². The largest absolute Gasteiger partial charge is 0.497 e. The number of ketones is 1. The van der Waals surface area contributed by atoms with Crippen molar-refractivity contribution in [1.82, 2.24) is 4.98 Å². The van der Waals surface area contributed by atoms with E-state index in [0.29, 0.717) is 28.4 Å². The Kier molecular flexibility index (Phi) is 6.11. The van der Waals surface area contributed by atoms with E-state index in [4.69, 9.17) is 9.47 Å². The second-order valence-electron chi connectivity index (χ2n) is 6.53. The molecule has 4 rings (SSSR count). The number of thiophene rings is 1. The van der Waals surface area contributed by atoms with E-state index >= 15 is 0 Å². The SMILES string of the molecule is COc1ccc(COc2cc(C(=O)CBr)nc(-c3csc4c(F)cccc34)c2)cc1. The van der Waals surface area contributed by atoms with Crippen LogP contribution < -0.4 is 9.47 Å². The van der Waals surface area contributed by atoms with E-state index in [1.165, 1.54) is 17.4 Å². The van der Waals surface area contributed by atoms with E-state index in [9.17, 15) is 9.18 Å². The number of alkyl halides is 1. The number of halogens is 2. The molecule has 30 heavy (non-hydrogen) atoms. The summed E-state index contributed by atoms with van der Waals surface area (Å²) >= 11 is 4.51. The van der Waals surface area contributed by atoms with Crippen molar-refractivity contribution < 1.29 is 18.7 Å². The Hall–Kier alpha value is -2.77. The summed E-state index contributed by atoms with van der Waals surface area (Å²) in [6, 6.07) is 15.9. The number of pyridine rings is 1. The monoisotopic (exact) mass is 485 g/mol. The minimum atomic E-state index is -0.271. The number of Topliss-reactive ketones (excluding diaryl/α,β-unsaturated/α-hetero) is 1. The number of hydrogen-bond acceptors (Lipinski definition) is 5. The van der Waals surface area contributed by atoms with E-state index in [2.05, 4.69) is 20.9 Å². The molecule has 0 N–H and O–H groups in total. The number of methoxy groups -OCH3 is 1. The molecule has 152 valence electrons. The Balaban J connectivity index is 1.70. The molecule has 0 aliphatic carbocycles. The fraction of sp³-hybridized carbons (Fsp3) is 0.130. The first-order valence-corrected chi connectivity index (χ1v) is 11.1. The van der Waals surface area contributed by atoms with Gasteiger partial charge in [-0.05, 0) is 23.8 Å². The number of aromatic nitrogens is 1. The van der Waals surface area contributed by atoms with Crippen LogP contribution in [0.1, 0.15) is 16.1 Å². The van der Waals surface area contributed by atoms with Gasteiger partial charge in [0.25, 0.3) is 0 Å². The fourth-order valence-electron chi connectivity index (χ4n) is 3.05. The van der Waals surface area contributed by atoms with Crippen LogP contribution in [-0.2, 0) is 6.61 Å². The normalized spacial score (nSPS) is 10.9. The molecular formula is C23H17BrFNO3S. The van der Waals surface area contributed by atoms with Crippen molar-refractivity contribution >= 4 is 43.1 Å². The number of benzene rings is 2. The lowest BCUT2D eigenvalue weighted by atomic mass is 10.1. The van der Waals surface area contributed by atoms with E-state index in [1.54, 1.807) is 25.3 Å². The standard InChI is InChI=1S/C23H17BrFNO3S/c1-28-15-7-5-14(6-8-15)12-29-16-9-20(26-21(10-16)22(27)11-24)18-13-30-23-17(18)3-2-4-19(23)25/h2-10,13H,11-12H2,1H3. The Morgan fingerprint density at radius 3 is 2.67 bits per heavy atom. The molecule has 0 saturated carbocycles. The van der Waals surface area contributed by atoms with Gasteiger partial charge in [0.05, 0.1) is 22.8 Å². The van der Waals surface area contributed by atoms with Gasteiger partial charge in [-0.2, -0.15) is 0 Å². The number of fused-ring (bicyclic) bond motifs is 1. The van der Waals surface area contributed by atoms with Crippen LogP contribution in [0.15, 0.2) is 60.0 Å². The predicted molar refractivity (Wildman–Crippen MR) is 120 cm³/mol.